The molecule has 0 aromatic rings. The van der Waals surface area contributed by atoms with E-state index < -0.39 is 0 Å². The Balaban J connectivity index is 1.79. The van der Waals surface area contributed by atoms with Crippen molar-refractivity contribution in [1.29, 1.82) is 0 Å². The fourth-order valence-corrected chi connectivity index (χ4v) is 2.89. The van der Waals surface area contributed by atoms with Crippen LogP contribution in [0.4, 0.5) is 0 Å². The Kier molecular flexibility index (Phi) is 4.06. The molecule has 2 N–H and O–H groups in total. The quantitative estimate of drug-likeness (QED) is 0.656. The van der Waals surface area contributed by atoms with Crippen molar-refractivity contribution in [3.05, 3.63) is 0 Å². The summed E-state index contributed by atoms with van der Waals surface area (Å²) < 4.78 is 0. The van der Waals surface area contributed by atoms with E-state index in [2.05, 4.69) is 10.6 Å². The van der Waals surface area contributed by atoms with E-state index >= 15 is 0 Å². The van der Waals surface area contributed by atoms with E-state index in [4.69, 9.17) is 0 Å². The molecule has 6 heteroatoms. The van der Waals surface area contributed by atoms with E-state index in [0.29, 0.717) is 19.5 Å². The average molecular weight is 243 g/mol. The number of rotatable bonds is 2. The Hall–Kier alpha value is -0.750. The maximum Gasteiger partial charge on any atom is 0.239 e. The van der Waals surface area contributed by atoms with Crippen molar-refractivity contribution in [3.8, 4) is 0 Å². The van der Waals surface area contributed by atoms with Gasteiger partial charge < -0.3 is 15.5 Å². The molecule has 0 spiro atoms. The third-order valence-corrected chi connectivity index (χ3v) is 3.94. The van der Waals surface area contributed by atoms with E-state index in [1.807, 2.05) is 11.8 Å². The van der Waals surface area contributed by atoms with E-state index in [1.165, 1.54) is 0 Å². The molecule has 16 heavy (non-hydrogen) atoms. The smallest absolute Gasteiger partial charge is 0.239 e. The van der Waals surface area contributed by atoms with Gasteiger partial charge in [0.15, 0.2) is 0 Å². The van der Waals surface area contributed by atoms with Crippen molar-refractivity contribution in [2.45, 2.75) is 12.5 Å². The molecule has 2 saturated heterocycles. The number of nitrogens with one attached hydrogen (secondary N) is 2. The standard InChI is InChI=1S/C10H17N3O2S/c14-9-6-13(3-1-12-9)10(15)5-8-7-16-4-2-11-8/h8,11H,1-7H2,(H,12,14). The van der Waals surface area contributed by atoms with Crippen LogP contribution in [0.25, 0.3) is 0 Å². The Bertz CT molecular complexity index is 279. The second kappa shape index (κ2) is 5.54. The van der Waals surface area contributed by atoms with Crippen LogP contribution in [-0.2, 0) is 9.59 Å². The summed E-state index contributed by atoms with van der Waals surface area (Å²) in [5, 5.41) is 6.05. The first-order valence-electron chi connectivity index (χ1n) is 5.61. The van der Waals surface area contributed by atoms with Crippen LogP contribution in [0.5, 0.6) is 0 Å². The SMILES string of the molecule is O=C1CN(C(=O)CC2CSCCN2)CCN1. The second-order valence-electron chi connectivity index (χ2n) is 4.10. The van der Waals surface area contributed by atoms with Gasteiger partial charge in [-0.2, -0.15) is 11.8 Å². The van der Waals surface area contributed by atoms with Crippen molar-refractivity contribution in [3.63, 3.8) is 0 Å². The van der Waals surface area contributed by atoms with Gasteiger partial charge in [0.2, 0.25) is 11.8 Å². The summed E-state index contributed by atoms with van der Waals surface area (Å²) in [6.45, 7) is 2.42. The number of carbonyl (C=O) groups is 2. The highest BCUT2D eigenvalue weighted by molar-refractivity contribution is 7.99. The van der Waals surface area contributed by atoms with Crippen molar-refractivity contribution >= 4 is 23.6 Å². The molecule has 0 bridgehead atoms. The van der Waals surface area contributed by atoms with Crippen LogP contribution < -0.4 is 10.6 Å². The summed E-state index contributed by atoms with van der Waals surface area (Å²) in [6, 6.07) is 0.274. The van der Waals surface area contributed by atoms with E-state index in [1.54, 1.807) is 4.90 Å². The molecule has 1 atom stereocenters. The third kappa shape index (κ3) is 3.12. The lowest BCUT2D eigenvalue weighted by Gasteiger charge is -2.29. The van der Waals surface area contributed by atoms with Crippen molar-refractivity contribution in [1.82, 2.24) is 15.5 Å². The first kappa shape index (κ1) is 11.7. The van der Waals surface area contributed by atoms with Crippen molar-refractivity contribution in [2.75, 3.05) is 37.7 Å². The molecule has 0 aromatic heterocycles. The summed E-state index contributed by atoms with van der Waals surface area (Å²) >= 11 is 1.88. The number of nitrogens with zero attached hydrogens (tertiary/aromatic N) is 1. The van der Waals surface area contributed by atoms with Gasteiger partial charge in [-0.15, -0.1) is 0 Å². The minimum atomic E-state index is -0.0504. The van der Waals surface area contributed by atoms with Crippen LogP contribution in [0.3, 0.4) is 0 Å². The minimum Gasteiger partial charge on any atom is -0.353 e. The van der Waals surface area contributed by atoms with Crippen LogP contribution in [-0.4, -0.2) is 60.4 Å². The summed E-state index contributed by atoms with van der Waals surface area (Å²) in [4.78, 5) is 24.7. The molecule has 2 aliphatic heterocycles. The van der Waals surface area contributed by atoms with E-state index in [0.717, 1.165) is 18.1 Å². The minimum absolute atomic E-state index is 0.0504. The molecule has 0 aromatic carbocycles. The maximum absolute atomic E-state index is 11.9. The lowest BCUT2D eigenvalue weighted by atomic mass is 10.2. The van der Waals surface area contributed by atoms with Crippen LogP contribution in [0, 0.1) is 0 Å². The Morgan fingerprint density at radius 1 is 1.50 bits per heavy atom. The summed E-state index contributed by atoms with van der Waals surface area (Å²) in [5.74, 6) is 2.16. The number of carbonyl (C=O) groups excluding carboxylic acids is 2. The Morgan fingerprint density at radius 3 is 3.06 bits per heavy atom. The molecule has 1 unspecified atom stereocenters. The molecular formula is C10H17N3O2S. The van der Waals surface area contributed by atoms with Gasteiger partial charge in [-0.1, -0.05) is 0 Å². The fraction of sp³-hybridized carbons (Fsp3) is 0.800. The second-order valence-corrected chi connectivity index (χ2v) is 5.25. The number of hydrogen-bond acceptors (Lipinski definition) is 4. The molecule has 5 nitrogen and oxygen atoms in total. The summed E-state index contributed by atoms with van der Waals surface area (Å²) in [7, 11) is 0. The topological polar surface area (TPSA) is 61.4 Å². The molecule has 90 valence electrons. The highest BCUT2D eigenvalue weighted by Gasteiger charge is 2.24. The zero-order valence-electron chi connectivity index (χ0n) is 9.20. The zero-order chi connectivity index (χ0) is 11.4. The number of hydrogen-bond donors (Lipinski definition) is 2. The van der Waals surface area contributed by atoms with Gasteiger partial charge in [-0.05, 0) is 0 Å². The van der Waals surface area contributed by atoms with E-state index in [9.17, 15) is 9.59 Å². The molecule has 2 heterocycles. The highest BCUT2D eigenvalue weighted by Crippen LogP contribution is 2.11. The predicted octanol–water partition coefficient (Wildman–Crippen LogP) is -0.960. The van der Waals surface area contributed by atoms with Gasteiger partial charge >= 0.3 is 0 Å². The molecule has 0 radical (unpaired) electrons. The maximum atomic E-state index is 11.9. The van der Waals surface area contributed by atoms with E-state index in [-0.39, 0.29) is 24.4 Å². The number of piperazine rings is 1. The lowest BCUT2D eigenvalue weighted by Crippen LogP contribution is -2.51. The van der Waals surface area contributed by atoms with Gasteiger partial charge in [0, 0.05) is 43.6 Å². The molecular weight excluding hydrogens is 226 g/mol. The highest BCUT2D eigenvalue weighted by atomic mass is 32.2. The first-order chi connectivity index (χ1) is 7.75. The monoisotopic (exact) mass is 243 g/mol. The Morgan fingerprint density at radius 2 is 2.38 bits per heavy atom. The van der Waals surface area contributed by atoms with Crippen molar-refractivity contribution in [2.24, 2.45) is 0 Å². The molecule has 2 amide bonds. The molecule has 2 rings (SSSR count). The number of amides is 2. The first-order valence-corrected chi connectivity index (χ1v) is 6.77. The molecule has 2 aliphatic rings. The van der Waals surface area contributed by atoms with Crippen LogP contribution >= 0.6 is 11.8 Å². The molecule has 0 saturated carbocycles. The third-order valence-electron chi connectivity index (χ3n) is 2.81. The fourth-order valence-electron chi connectivity index (χ4n) is 1.94. The average Bonchev–Trinajstić information content (AvgIpc) is 2.30. The van der Waals surface area contributed by atoms with Gasteiger partial charge in [0.25, 0.3) is 0 Å². The lowest BCUT2D eigenvalue weighted by molar-refractivity contribution is -0.138. The van der Waals surface area contributed by atoms with Gasteiger partial charge in [-0.25, -0.2) is 0 Å². The zero-order valence-corrected chi connectivity index (χ0v) is 10.0. The normalized spacial score (nSPS) is 26.4. The summed E-state index contributed by atoms with van der Waals surface area (Å²) in [5.41, 5.74) is 0. The van der Waals surface area contributed by atoms with Gasteiger partial charge in [0.1, 0.15) is 0 Å². The van der Waals surface area contributed by atoms with Crippen LogP contribution in [0.2, 0.25) is 0 Å². The number of thioether (sulfide) groups is 1. The summed E-state index contributed by atoms with van der Waals surface area (Å²) in [6.07, 6.45) is 0.514. The predicted molar refractivity (Wildman–Crippen MR) is 63.3 cm³/mol. The van der Waals surface area contributed by atoms with Crippen molar-refractivity contribution < 1.29 is 9.59 Å². The largest absolute Gasteiger partial charge is 0.353 e. The van der Waals surface area contributed by atoms with Crippen LogP contribution in [0.15, 0.2) is 0 Å². The van der Waals surface area contributed by atoms with Gasteiger partial charge in [0.05, 0.1) is 6.54 Å². The molecule has 0 aliphatic carbocycles. The molecule has 2 fully saturated rings. The Labute approximate surface area is 99.3 Å². The van der Waals surface area contributed by atoms with Crippen LogP contribution in [0.1, 0.15) is 6.42 Å². The van der Waals surface area contributed by atoms with Gasteiger partial charge in [-0.3, -0.25) is 9.59 Å².